The zero-order valence-electron chi connectivity index (χ0n) is 12.3. The molecule has 0 aliphatic heterocycles. The highest BCUT2D eigenvalue weighted by molar-refractivity contribution is 6.48. The molecule has 1 unspecified atom stereocenters. The summed E-state index contributed by atoms with van der Waals surface area (Å²) in [5.74, 6) is 0. The number of anilines is 1. The number of aryl methyl sites for hydroxylation is 2. The molecular weight excluding hydrogens is 325 g/mol. The molecule has 21 heavy (non-hydrogen) atoms. The fraction of sp³-hybridized carbons (Fsp3) is 0.294. The van der Waals surface area contributed by atoms with Crippen LogP contribution in [0, 0.1) is 6.92 Å². The van der Waals surface area contributed by atoms with E-state index in [4.69, 9.17) is 34.8 Å². The fourth-order valence-corrected chi connectivity index (χ4v) is 3.11. The van der Waals surface area contributed by atoms with Gasteiger partial charge in [0, 0.05) is 5.69 Å². The topological polar surface area (TPSA) is 12.0 Å². The molecule has 1 nitrogen and oxygen atoms in total. The van der Waals surface area contributed by atoms with Crippen LogP contribution in [0.1, 0.15) is 36.6 Å². The Morgan fingerprint density at radius 1 is 1.05 bits per heavy atom. The van der Waals surface area contributed by atoms with E-state index in [1.165, 1.54) is 11.1 Å². The zero-order valence-corrected chi connectivity index (χ0v) is 14.6. The smallest absolute Gasteiger partial charge is 0.0782 e. The number of hydrogen-bond donors (Lipinski definition) is 1. The normalized spacial score (nSPS) is 12.3. The van der Waals surface area contributed by atoms with Gasteiger partial charge in [0.2, 0.25) is 0 Å². The van der Waals surface area contributed by atoms with Gasteiger partial charge in [0.15, 0.2) is 0 Å². The minimum Gasteiger partial charge on any atom is -0.378 e. The number of nitrogens with one attached hydrogen (secondary N) is 1. The van der Waals surface area contributed by atoms with E-state index >= 15 is 0 Å². The van der Waals surface area contributed by atoms with Crippen LogP contribution in [0.15, 0.2) is 30.3 Å². The second-order valence-electron chi connectivity index (χ2n) is 5.09. The summed E-state index contributed by atoms with van der Waals surface area (Å²) in [7, 11) is 0. The van der Waals surface area contributed by atoms with E-state index in [2.05, 4.69) is 44.3 Å². The predicted octanol–water partition coefficient (Wildman–Crippen LogP) is 6.69. The summed E-state index contributed by atoms with van der Waals surface area (Å²) in [5.41, 5.74) is 4.61. The Morgan fingerprint density at radius 2 is 1.76 bits per heavy atom. The van der Waals surface area contributed by atoms with Crippen molar-refractivity contribution in [2.75, 3.05) is 5.32 Å². The molecule has 0 aromatic heterocycles. The molecule has 0 amide bonds. The summed E-state index contributed by atoms with van der Waals surface area (Å²) in [5, 5.41) is 4.94. The lowest BCUT2D eigenvalue weighted by Gasteiger charge is -2.21. The van der Waals surface area contributed by atoms with E-state index in [0.717, 1.165) is 17.7 Å². The highest BCUT2D eigenvalue weighted by atomic mass is 35.5. The van der Waals surface area contributed by atoms with E-state index in [1.54, 1.807) is 6.07 Å². The molecule has 0 saturated carbocycles. The molecule has 2 aromatic carbocycles. The molecule has 1 atom stereocenters. The number of benzene rings is 2. The van der Waals surface area contributed by atoms with E-state index in [1.807, 2.05) is 6.07 Å². The van der Waals surface area contributed by atoms with Gasteiger partial charge in [-0.1, -0.05) is 66.0 Å². The van der Waals surface area contributed by atoms with Crippen LogP contribution in [0.5, 0.6) is 0 Å². The lowest BCUT2D eigenvalue weighted by atomic mass is 10.0. The van der Waals surface area contributed by atoms with Crippen LogP contribution in [-0.4, -0.2) is 0 Å². The van der Waals surface area contributed by atoms with Crippen molar-refractivity contribution >= 4 is 40.5 Å². The molecule has 1 N–H and O–H groups in total. The van der Waals surface area contributed by atoms with Crippen LogP contribution in [0.4, 0.5) is 5.69 Å². The third-order valence-electron chi connectivity index (χ3n) is 3.63. The molecule has 0 aliphatic rings. The molecule has 0 bridgehead atoms. The lowest BCUT2D eigenvalue weighted by molar-refractivity contribution is 0.877. The standard InChI is InChI=1S/C17H18Cl3N/c1-4-12-7-5-6-10(2)17(12)21-11(3)13-8-9-14(18)16(20)15(13)19/h5-9,11,21H,4H2,1-3H3. The van der Waals surface area contributed by atoms with Crippen LogP contribution in [0.3, 0.4) is 0 Å². The van der Waals surface area contributed by atoms with Crippen molar-refractivity contribution in [3.63, 3.8) is 0 Å². The Labute approximate surface area is 141 Å². The Morgan fingerprint density at radius 3 is 2.43 bits per heavy atom. The van der Waals surface area contributed by atoms with E-state index < -0.39 is 0 Å². The zero-order chi connectivity index (χ0) is 15.6. The quantitative estimate of drug-likeness (QED) is 0.610. The first-order valence-electron chi connectivity index (χ1n) is 6.94. The number of rotatable bonds is 4. The largest absolute Gasteiger partial charge is 0.378 e. The summed E-state index contributed by atoms with van der Waals surface area (Å²) >= 11 is 18.4. The molecule has 0 heterocycles. The summed E-state index contributed by atoms with van der Waals surface area (Å²) < 4.78 is 0. The second kappa shape index (κ2) is 6.91. The molecule has 2 aromatic rings. The van der Waals surface area contributed by atoms with Crippen LogP contribution < -0.4 is 5.32 Å². The molecule has 2 rings (SSSR count). The highest BCUT2D eigenvalue weighted by Crippen LogP contribution is 2.37. The first kappa shape index (κ1) is 16.5. The van der Waals surface area contributed by atoms with Gasteiger partial charge in [0.25, 0.3) is 0 Å². The van der Waals surface area contributed by atoms with Crippen molar-refractivity contribution in [2.45, 2.75) is 33.2 Å². The van der Waals surface area contributed by atoms with Crippen LogP contribution in [0.25, 0.3) is 0 Å². The third kappa shape index (κ3) is 3.48. The minimum absolute atomic E-state index is 0.0404. The molecular formula is C17H18Cl3N. The monoisotopic (exact) mass is 341 g/mol. The Hall–Kier alpha value is -0.890. The van der Waals surface area contributed by atoms with Crippen molar-refractivity contribution in [1.82, 2.24) is 0 Å². The summed E-state index contributed by atoms with van der Waals surface area (Å²) in [6, 6.07) is 10.1. The van der Waals surface area contributed by atoms with E-state index in [0.29, 0.717) is 15.1 Å². The van der Waals surface area contributed by atoms with Gasteiger partial charge >= 0.3 is 0 Å². The molecule has 0 aliphatic carbocycles. The fourth-order valence-electron chi connectivity index (χ4n) is 2.40. The van der Waals surface area contributed by atoms with Gasteiger partial charge in [0.05, 0.1) is 21.1 Å². The molecule has 112 valence electrons. The van der Waals surface area contributed by atoms with Crippen LogP contribution in [0.2, 0.25) is 15.1 Å². The van der Waals surface area contributed by atoms with Gasteiger partial charge < -0.3 is 5.32 Å². The predicted molar refractivity (Wildman–Crippen MR) is 94.1 cm³/mol. The Balaban J connectivity index is 2.35. The van der Waals surface area contributed by atoms with E-state index in [-0.39, 0.29) is 6.04 Å². The minimum atomic E-state index is 0.0404. The maximum absolute atomic E-state index is 6.32. The Bertz CT molecular complexity index is 653. The summed E-state index contributed by atoms with van der Waals surface area (Å²) in [6.07, 6.45) is 0.978. The van der Waals surface area contributed by atoms with Crippen molar-refractivity contribution in [1.29, 1.82) is 0 Å². The van der Waals surface area contributed by atoms with Crippen LogP contribution >= 0.6 is 34.8 Å². The Kier molecular flexibility index (Phi) is 5.43. The van der Waals surface area contributed by atoms with E-state index in [9.17, 15) is 0 Å². The third-order valence-corrected chi connectivity index (χ3v) is 4.94. The van der Waals surface area contributed by atoms with Crippen molar-refractivity contribution < 1.29 is 0 Å². The molecule has 0 radical (unpaired) electrons. The molecule has 0 fully saturated rings. The number of para-hydroxylation sites is 1. The first-order chi connectivity index (χ1) is 9.95. The van der Waals surface area contributed by atoms with Crippen LogP contribution in [-0.2, 0) is 6.42 Å². The van der Waals surface area contributed by atoms with Gasteiger partial charge in [0.1, 0.15) is 0 Å². The van der Waals surface area contributed by atoms with Crippen molar-refractivity contribution in [3.8, 4) is 0 Å². The highest BCUT2D eigenvalue weighted by Gasteiger charge is 2.16. The molecule has 4 heteroatoms. The lowest BCUT2D eigenvalue weighted by Crippen LogP contribution is -2.10. The average molecular weight is 343 g/mol. The first-order valence-corrected chi connectivity index (χ1v) is 8.07. The second-order valence-corrected chi connectivity index (χ2v) is 6.26. The summed E-state index contributed by atoms with van der Waals surface area (Å²) in [6.45, 7) is 6.32. The summed E-state index contributed by atoms with van der Waals surface area (Å²) in [4.78, 5) is 0. The van der Waals surface area contributed by atoms with Gasteiger partial charge in [-0.3, -0.25) is 0 Å². The molecule has 0 spiro atoms. The molecule has 0 saturated heterocycles. The average Bonchev–Trinajstić information content (AvgIpc) is 2.46. The SMILES string of the molecule is CCc1cccc(C)c1NC(C)c1ccc(Cl)c(Cl)c1Cl. The van der Waals surface area contributed by atoms with Gasteiger partial charge in [-0.15, -0.1) is 0 Å². The maximum atomic E-state index is 6.32. The van der Waals surface area contributed by atoms with Crippen molar-refractivity contribution in [2.24, 2.45) is 0 Å². The van der Waals surface area contributed by atoms with Gasteiger partial charge in [-0.2, -0.15) is 0 Å². The van der Waals surface area contributed by atoms with Gasteiger partial charge in [-0.25, -0.2) is 0 Å². The van der Waals surface area contributed by atoms with Crippen molar-refractivity contribution in [3.05, 3.63) is 62.1 Å². The van der Waals surface area contributed by atoms with Gasteiger partial charge in [-0.05, 0) is 43.0 Å². The number of hydrogen-bond acceptors (Lipinski definition) is 1. The number of halogens is 3. The maximum Gasteiger partial charge on any atom is 0.0782 e.